The highest BCUT2D eigenvalue weighted by molar-refractivity contribution is 6.08. The van der Waals surface area contributed by atoms with Crippen LogP contribution in [0.25, 0.3) is 78.6 Å². The van der Waals surface area contributed by atoms with Crippen molar-refractivity contribution in [2.24, 2.45) is 0 Å². The van der Waals surface area contributed by atoms with Gasteiger partial charge in [-0.3, -0.25) is 0 Å². The first-order valence-electron chi connectivity index (χ1n) is 14.2. The van der Waals surface area contributed by atoms with Crippen LogP contribution in [0.1, 0.15) is 0 Å². The van der Waals surface area contributed by atoms with Crippen LogP contribution in [0.15, 0.2) is 150 Å². The average Bonchev–Trinajstić information content (AvgIpc) is 3.48. The first-order chi connectivity index (χ1) is 21.3. The van der Waals surface area contributed by atoms with Crippen molar-refractivity contribution in [1.82, 2.24) is 19.9 Å². The lowest BCUT2D eigenvalue weighted by Crippen LogP contribution is -2.00. The van der Waals surface area contributed by atoms with Gasteiger partial charge in [0.2, 0.25) is 0 Å². The summed E-state index contributed by atoms with van der Waals surface area (Å²) < 4.78 is 6.38. The highest BCUT2D eigenvalue weighted by atomic mass is 16.3. The molecule has 0 N–H and O–H groups in total. The number of hydrogen-bond donors (Lipinski definition) is 0. The number of aromatic nitrogens is 4. The monoisotopic (exact) mass is 552 g/mol. The van der Waals surface area contributed by atoms with Crippen LogP contribution in [0, 0.1) is 0 Å². The zero-order valence-electron chi connectivity index (χ0n) is 23.1. The SMILES string of the molecule is c1ccc(-c2cc(-c3ccc(-c4nc(-c5ccccc5)nc(-c5ccccc5)n4)cc3)c3oc4ccccc4c3n2)cc1. The van der Waals surface area contributed by atoms with Crippen LogP contribution in [0.3, 0.4) is 0 Å². The third-order valence-electron chi connectivity index (χ3n) is 7.55. The molecule has 0 aliphatic carbocycles. The van der Waals surface area contributed by atoms with Crippen LogP contribution in [0.4, 0.5) is 0 Å². The molecule has 0 spiro atoms. The minimum atomic E-state index is 0.618. The molecule has 0 bridgehead atoms. The van der Waals surface area contributed by atoms with Crippen molar-refractivity contribution in [1.29, 1.82) is 0 Å². The zero-order chi connectivity index (χ0) is 28.6. The molecular formula is C38H24N4O. The quantitative estimate of drug-likeness (QED) is 0.213. The Morgan fingerprint density at radius 1 is 0.395 bits per heavy atom. The highest BCUT2D eigenvalue weighted by Crippen LogP contribution is 2.38. The van der Waals surface area contributed by atoms with Crippen molar-refractivity contribution in [2.45, 2.75) is 0 Å². The maximum Gasteiger partial charge on any atom is 0.164 e. The van der Waals surface area contributed by atoms with Crippen molar-refractivity contribution < 1.29 is 4.42 Å². The Morgan fingerprint density at radius 2 is 0.860 bits per heavy atom. The van der Waals surface area contributed by atoms with E-state index in [-0.39, 0.29) is 0 Å². The normalized spacial score (nSPS) is 11.3. The molecule has 5 aromatic carbocycles. The summed E-state index contributed by atoms with van der Waals surface area (Å²) in [5.41, 5.74) is 9.19. The van der Waals surface area contributed by atoms with Gasteiger partial charge in [0.25, 0.3) is 0 Å². The van der Waals surface area contributed by atoms with Crippen LogP contribution < -0.4 is 0 Å². The minimum Gasteiger partial charge on any atom is -0.454 e. The molecule has 5 nitrogen and oxygen atoms in total. The second kappa shape index (κ2) is 10.5. The third-order valence-corrected chi connectivity index (χ3v) is 7.55. The fourth-order valence-electron chi connectivity index (χ4n) is 5.39. The summed E-state index contributed by atoms with van der Waals surface area (Å²) >= 11 is 0. The fourth-order valence-corrected chi connectivity index (χ4v) is 5.39. The first-order valence-corrected chi connectivity index (χ1v) is 14.2. The highest BCUT2D eigenvalue weighted by Gasteiger charge is 2.17. The molecule has 3 aromatic heterocycles. The van der Waals surface area contributed by atoms with E-state index in [9.17, 15) is 0 Å². The third kappa shape index (κ3) is 4.63. The number of hydrogen-bond acceptors (Lipinski definition) is 5. The standard InChI is InChI=1S/C38H24N4O/c1-4-12-26(13-5-1)32-24-31(35-34(39-32)30-18-10-11-19-33(30)43-35)25-20-22-29(23-21-25)38-41-36(27-14-6-2-7-15-27)40-37(42-38)28-16-8-3-9-17-28/h1-24H. The van der Waals surface area contributed by atoms with Crippen molar-refractivity contribution in [3.05, 3.63) is 146 Å². The Kier molecular flexibility index (Phi) is 6.05. The molecule has 0 aliphatic heterocycles. The van der Waals surface area contributed by atoms with Crippen LogP contribution in [0.2, 0.25) is 0 Å². The summed E-state index contributed by atoms with van der Waals surface area (Å²) in [6, 6.07) is 48.7. The number of para-hydroxylation sites is 1. The lowest BCUT2D eigenvalue weighted by Gasteiger charge is -2.10. The van der Waals surface area contributed by atoms with Gasteiger partial charge < -0.3 is 4.42 Å². The topological polar surface area (TPSA) is 64.7 Å². The van der Waals surface area contributed by atoms with E-state index in [1.165, 1.54) is 0 Å². The average molecular weight is 553 g/mol. The second-order valence-electron chi connectivity index (χ2n) is 10.3. The predicted molar refractivity (Wildman–Crippen MR) is 172 cm³/mol. The molecule has 0 aliphatic rings. The van der Waals surface area contributed by atoms with E-state index in [0.29, 0.717) is 17.5 Å². The molecule has 0 amide bonds. The smallest absolute Gasteiger partial charge is 0.164 e. The summed E-state index contributed by atoms with van der Waals surface area (Å²) in [6.07, 6.45) is 0. The Hall–Kier alpha value is -5.94. The Bertz CT molecular complexity index is 2150. The van der Waals surface area contributed by atoms with Gasteiger partial charge in [-0.1, -0.05) is 127 Å². The molecule has 3 heterocycles. The number of benzene rings is 5. The molecule has 0 atom stereocenters. The number of pyridine rings is 1. The number of furan rings is 1. The van der Waals surface area contributed by atoms with E-state index in [2.05, 4.69) is 48.5 Å². The van der Waals surface area contributed by atoms with Gasteiger partial charge in [0.1, 0.15) is 11.1 Å². The van der Waals surface area contributed by atoms with Crippen LogP contribution >= 0.6 is 0 Å². The van der Waals surface area contributed by atoms with Crippen LogP contribution in [0.5, 0.6) is 0 Å². The van der Waals surface area contributed by atoms with Crippen molar-refractivity contribution in [3.8, 4) is 56.5 Å². The maximum absolute atomic E-state index is 6.38. The predicted octanol–water partition coefficient (Wildman–Crippen LogP) is 9.50. The summed E-state index contributed by atoms with van der Waals surface area (Å²) in [5.74, 6) is 1.89. The van der Waals surface area contributed by atoms with E-state index in [4.69, 9.17) is 24.4 Å². The maximum atomic E-state index is 6.38. The molecule has 5 heteroatoms. The molecule has 0 fully saturated rings. The lowest BCUT2D eigenvalue weighted by atomic mass is 10.00. The molecule has 8 rings (SSSR count). The van der Waals surface area contributed by atoms with E-state index in [0.717, 1.165) is 61.1 Å². The Balaban J connectivity index is 1.27. The number of fused-ring (bicyclic) bond motifs is 3. The molecule has 0 saturated heterocycles. The molecule has 0 radical (unpaired) electrons. The first kappa shape index (κ1) is 24.8. The van der Waals surface area contributed by atoms with Gasteiger partial charge in [-0.2, -0.15) is 0 Å². The summed E-state index contributed by atoms with van der Waals surface area (Å²) in [5, 5.41) is 1.00. The number of nitrogens with zero attached hydrogens (tertiary/aromatic N) is 4. The lowest BCUT2D eigenvalue weighted by molar-refractivity contribution is 0.669. The van der Waals surface area contributed by atoms with Gasteiger partial charge in [0.05, 0.1) is 5.69 Å². The van der Waals surface area contributed by atoms with Gasteiger partial charge >= 0.3 is 0 Å². The van der Waals surface area contributed by atoms with Gasteiger partial charge in [-0.15, -0.1) is 0 Å². The Labute approximate surface area is 248 Å². The second-order valence-corrected chi connectivity index (χ2v) is 10.3. The van der Waals surface area contributed by atoms with Crippen molar-refractivity contribution in [2.75, 3.05) is 0 Å². The summed E-state index contributed by atoms with van der Waals surface area (Å²) in [7, 11) is 0. The van der Waals surface area contributed by atoms with E-state index in [1.807, 2.05) is 97.1 Å². The molecule has 43 heavy (non-hydrogen) atoms. The number of rotatable bonds is 5. The zero-order valence-corrected chi connectivity index (χ0v) is 23.1. The summed E-state index contributed by atoms with van der Waals surface area (Å²) in [6.45, 7) is 0. The van der Waals surface area contributed by atoms with Gasteiger partial charge in [0, 0.05) is 33.2 Å². The van der Waals surface area contributed by atoms with Crippen molar-refractivity contribution in [3.63, 3.8) is 0 Å². The van der Waals surface area contributed by atoms with E-state index < -0.39 is 0 Å². The molecular weight excluding hydrogens is 528 g/mol. The fraction of sp³-hybridized carbons (Fsp3) is 0. The van der Waals surface area contributed by atoms with Gasteiger partial charge in [-0.05, 0) is 23.8 Å². The van der Waals surface area contributed by atoms with Gasteiger partial charge in [0.15, 0.2) is 23.1 Å². The van der Waals surface area contributed by atoms with E-state index >= 15 is 0 Å². The summed E-state index contributed by atoms with van der Waals surface area (Å²) in [4.78, 5) is 19.6. The van der Waals surface area contributed by atoms with Gasteiger partial charge in [-0.25, -0.2) is 19.9 Å². The molecule has 0 saturated carbocycles. The molecule has 0 unspecified atom stereocenters. The molecule has 8 aromatic rings. The minimum absolute atomic E-state index is 0.618. The van der Waals surface area contributed by atoms with Crippen molar-refractivity contribution >= 4 is 22.1 Å². The van der Waals surface area contributed by atoms with Crippen LogP contribution in [-0.2, 0) is 0 Å². The largest absolute Gasteiger partial charge is 0.454 e. The van der Waals surface area contributed by atoms with E-state index in [1.54, 1.807) is 0 Å². The van der Waals surface area contributed by atoms with Crippen LogP contribution in [-0.4, -0.2) is 19.9 Å². The Morgan fingerprint density at radius 3 is 1.44 bits per heavy atom. The molecule has 202 valence electrons.